The van der Waals surface area contributed by atoms with Gasteiger partial charge in [-0.2, -0.15) is 0 Å². The van der Waals surface area contributed by atoms with E-state index >= 15 is 0 Å². The Hall–Kier alpha value is -4.43. The molecular formula is C31H32N4O4. The second-order valence-electron chi connectivity index (χ2n) is 9.76. The Kier molecular flexibility index (Phi) is 7.74. The van der Waals surface area contributed by atoms with Crippen LogP contribution in [-0.2, 0) is 30.8 Å². The number of nitrogens with zero attached hydrogens (tertiary/aromatic N) is 2. The van der Waals surface area contributed by atoms with Crippen LogP contribution >= 0.6 is 0 Å². The van der Waals surface area contributed by atoms with Crippen molar-refractivity contribution in [2.75, 3.05) is 6.54 Å². The van der Waals surface area contributed by atoms with Gasteiger partial charge in [0.15, 0.2) is 0 Å². The maximum Gasteiger partial charge on any atom is 0.300 e. The van der Waals surface area contributed by atoms with E-state index in [9.17, 15) is 4.79 Å². The molecular weight excluding hydrogens is 492 g/mol. The number of aromatic amines is 1. The molecule has 8 nitrogen and oxygen atoms in total. The van der Waals surface area contributed by atoms with E-state index < -0.39 is 5.97 Å². The number of nitrogens with two attached hydrogens (primary N) is 1. The molecule has 0 spiro atoms. The van der Waals surface area contributed by atoms with Crippen LogP contribution in [0.3, 0.4) is 0 Å². The Morgan fingerprint density at radius 3 is 2.59 bits per heavy atom. The SMILES string of the molecule is CC(=O)O.NCCCn1cc(-c2nc3cc4c(cc3[nH]c2=O)CCC4)c2ccc(OCc3ccccc3)cc21. The number of nitrogens with one attached hydrogen (secondary N) is 1. The van der Waals surface area contributed by atoms with Crippen molar-refractivity contribution in [3.8, 4) is 17.0 Å². The summed E-state index contributed by atoms with van der Waals surface area (Å²) in [5.41, 5.74) is 13.4. The lowest BCUT2D eigenvalue weighted by molar-refractivity contribution is -0.134. The molecule has 1 aliphatic rings. The lowest BCUT2D eigenvalue weighted by Gasteiger charge is -2.09. The van der Waals surface area contributed by atoms with Gasteiger partial charge in [-0.05, 0) is 73.2 Å². The van der Waals surface area contributed by atoms with Crippen LogP contribution < -0.4 is 16.0 Å². The topological polar surface area (TPSA) is 123 Å². The molecule has 1 aliphatic carbocycles. The molecule has 0 fully saturated rings. The van der Waals surface area contributed by atoms with Gasteiger partial charge >= 0.3 is 0 Å². The largest absolute Gasteiger partial charge is 0.489 e. The second kappa shape index (κ2) is 11.5. The molecule has 0 radical (unpaired) electrons. The predicted molar refractivity (Wildman–Crippen MR) is 153 cm³/mol. The molecule has 0 unspecified atom stereocenters. The zero-order valence-electron chi connectivity index (χ0n) is 21.9. The summed E-state index contributed by atoms with van der Waals surface area (Å²) in [6.07, 6.45) is 6.17. The first-order valence-electron chi connectivity index (χ1n) is 13.2. The van der Waals surface area contributed by atoms with E-state index in [1.54, 1.807) is 0 Å². The Balaban J connectivity index is 0.000000723. The zero-order valence-corrected chi connectivity index (χ0v) is 21.9. The number of H-pyrrole nitrogens is 1. The minimum Gasteiger partial charge on any atom is -0.489 e. The van der Waals surface area contributed by atoms with Gasteiger partial charge in [-0.25, -0.2) is 4.98 Å². The molecule has 0 bridgehead atoms. The summed E-state index contributed by atoms with van der Waals surface area (Å²) < 4.78 is 8.23. The molecule has 0 amide bonds. The van der Waals surface area contributed by atoms with E-state index in [1.807, 2.05) is 54.7 Å². The summed E-state index contributed by atoms with van der Waals surface area (Å²) in [6.45, 7) is 2.94. The third-order valence-electron chi connectivity index (χ3n) is 6.87. The number of benzene rings is 3. The highest BCUT2D eigenvalue weighted by Crippen LogP contribution is 2.32. The molecule has 39 heavy (non-hydrogen) atoms. The van der Waals surface area contributed by atoms with Gasteiger partial charge in [0.1, 0.15) is 18.1 Å². The van der Waals surface area contributed by atoms with Crippen molar-refractivity contribution < 1.29 is 14.6 Å². The fourth-order valence-corrected chi connectivity index (χ4v) is 5.08. The molecule has 0 aliphatic heterocycles. The quantitative estimate of drug-likeness (QED) is 0.274. The molecule has 8 heteroatoms. The minimum absolute atomic E-state index is 0.169. The summed E-state index contributed by atoms with van der Waals surface area (Å²) >= 11 is 0. The highest BCUT2D eigenvalue weighted by atomic mass is 16.5. The number of carboxylic acids is 1. The molecule has 4 N–H and O–H groups in total. The average Bonchev–Trinajstić information content (AvgIpc) is 3.53. The summed E-state index contributed by atoms with van der Waals surface area (Å²) in [5, 5.41) is 8.40. The summed E-state index contributed by atoms with van der Waals surface area (Å²) in [4.78, 5) is 30.1. The Morgan fingerprint density at radius 2 is 1.85 bits per heavy atom. The third kappa shape index (κ3) is 5.86. The van der Waals surface area contributed by atoms with Crippen LogP contribution in [0.1, 0.15) is 36.5 Å². The van der Waals surface area contributed by atoms with Crippen molar-refractivity contribution in [2.24, 2.45) is 5.73 Å². The maximum absolute atomic E-state index is 13.2. The van der Waals surface area contributed by atoms with E-state index in [-0.39, 0.29) is 5.56 Å². The van der Waals surface area contributed by atoms with E-state index in [1.165, 1.54) is 11.1 Å². The number of rotatable bonds is 7. The monoisotopic (exact) mass is 524 g/mol. The van der Waals surface area contributed by atoms with Gasteiger partial charge in [-0.3, -0.25) is 9.59 Å². The average molecular weight is 525 g/mol. The Bertz CT molecular complexity index is 1680. The van der Waals surface area contributed by atoms with Crippen LogP contribution in [0.25, 0.3) is 33.2 Å². The van der Waals surface area contributed by atoms with E-state index in [0.29, 0.717) is 18.8 Å². The van der Waals surface area contributed by atoms with E-state index in [2.05, 4.69) is 21.7 Å². The summed E-state index contributed by atoms with van der Waals surface area (Å²) in [5.74, 6) is -0.0454. The van der Waals surface area contributed by atoms with Crippen LogP contribution in [0.5, 0.6) is 5.75 Å². The fourth-order valence-electron chi connectivity index (χ4n) is 5.08. The Labute approximate surface area is 226 Å². The third-order valence-corrected chi connectivity index (χ3v) is 6.87. The minimum atomic E-state index is -0.833. The van der Waals surface area contributed by atoms with Crippen molar-refractivity contribution in [1.82, 2.24) is 14.5 Å². The van der Waals surface area contributed by atoms with Crippen molar-refractivity contribution in [2.45, 2.75) is 45.8 Å². The molecule has 2 aromatic heterocycles. The molecule has 6 rings (SSSR count). The molecule has 0 saturated heterocycles. The van der Waals surface area contributed by atoms with Gasteiger partial charge in [0.05, 0.1) is 16.6 Å². The van der Waals surface area contributed by atoms with Crippen molar-refractivity contribution >= 4 is 27.9 Å². The van der Waals surface area contributed by atoms with Crippen LogP contribution in [0, 0.1) is 0 Å². The number of aliphatic carboxylic acids is 1. The number of fused-ring (bicyclic) bond motifs is 3. The summed E-state index contributed by atoms with van der Waals surface area (Å²) in [7, 11) is 0. The van der Waals surface area contributed by atoms with Gasteiger partial charge in [0.2, 0.25) is 0 Å². The first-order chi connectivity index (χ1) is 18.9. The van der Waals surface area contributed by atoms with E-state index in [0.717, 1.165) is 78.0 Å². The number of hydrogen-bond acceptors (Lipinski definition) is 5. The normalized spacial score (nSPS) is 12.3. The molecule has 3 aromatic carbocycles. The van der Waals surface area contributed by atoms with Gasteiger partial charge in [0, 0.05) is 36.7 Å². The Morgan fingerprint density at radius 1 is 1.10 bits per heavy atom. The van der Waals surface area contributed by atoms with Crippen LogP contribution in [0.4, 0.5) is 0 Å². The first kappa shape index (κ1) is 26.2. The smallest absolute Gasteiger partial charge is 0.300 e. The maximum atomic E-state index is 13.2. The number of carbonyl (C=O) groups is 1. The van der Waals surface area contributed by atoms with Crippen LogP contribution in [-0.4, -0.2) is 32.2 Å². The number of aryl methyl sites for hydroxylation is 3. The lowest BCUT2D eigenvalue weighted by atomic mass is 10.1. The molecule has 2 heterocycles. The van der Waals surface area contributed by atoms with Gasteiger partial charge < -0.3 is 25.1 Å². The molecule has 5 aromatic rings. The molecule has 0 saturated carbocycles. The molecule has 0 atom stereocenters. The fraction of sp³-hybridized carbons (Fsp3) is 0.258. The van der Waals surface area contributed by atoms with Crippen LogP contribution in [0.2, 0.25) is 0 Å². The lowest BCUT2D eigenvalue weighted by Crippen LogP contribution is -2.11. The van der Waals surface area contributed by atoms with E-state index in [4.69, 9.17) is 25.4 Å². The van der Waals surface area contributed by atoms with Crippen LogP contribution in [0.15, 0.2) is 71.7 Å². The number of hydrogen-bond donors (Lipinski definition) is 3. The second-order valence-corrected chi connectivity index (χ2v) is 9.76. The molecule has 200 valence electrons. The highest BCUT2D eigenvalue weighted by Gasteiger charge is 2.18. The first-order valence-corrected chi connectivity index (χ1v) is 13.2. The number of ether oxygens (including phenoxy) is 1. The van der Waals surface area contributed by atoms with Crippen molar-refractivity contribution in [1.29, 1.82) is 0 Å². The van der Waals surface area contributed by atoms with Gasteiger partial charge in [0.25, 0.3) is 11.5 Å². The highest BCUT2D eigenvalue weighted by molar-refractivity contribution is 5.96. The van der Waals surface area contributed by atoms with Crippen molar-refractivity contribution in [3.05, 3.63) is 93.9 Å². The number of carboxylic acid groups (broad SMARTS) is 1. The zero-order chi connectivity index (χ0) is 27.4. The predicted octanol–water partition coefficient (Wildman–Crippen LogP) is 5.05. The number of aromatic nitrogens is 3. The standard InChI is InChI=1S/C29H28N4O2.C2H4O2/c30-12-5-13-33-17-24(23-11-10-22(16-27(23)33)35-18-19-6-2-1-3-7-19)28-29(34)32-26-15-21-9-4-8-20(21)14-25(26)31-28;1-2(3)4/h1-3,6-7,10-11,14-17H,4-5,8-9,12-13,18,30H2,(H,32,34);1H3,(H,3,4). The van der Waals surface area contributed by atoms with Crippen molar-refractivity contribution in [3.63, 3.8) is 0 Å². The summed E-state index contributed by atoms with van der Waals surface area (Å²) in [6, 6.07) is 20.4. The van der Waals surface area contributed by atoms with Gasteiger partial charge in [-0.15, -0.1) is 0 Å². The van der Waals surface area contributed by atoms with Gasteiger partial charge in [-0.1, -0.05) is 30.3 Å².